The highest BCUT2D eigenvalue weighted by atomic mass is 16.3. The summed E-state index contributed by atoms with van der Waals surface area (Å²) in [5.74, 6) is 3.08. The lowest BCUT2D eigenvalue weighted by molar-refractivity contribution is -0.125. The molecule has 0 aromatic rings. The smallest absolute Gasteiger partial charge is 0.186 e. The molecule has 0 fully saturated rings. The molecule has 2 aliphatic rings. The van der Waals surface area contributed by atoms with E-state index >= 15 is 0 Å². The first-order valence-corrected chi connectivity index (χ1v) is 18.3. The van der Waals surface area contributed by atoms with Crippen LogP contribution in [0.15, 0.2) is 22.3 Å². The second-order valence-corrected chi connectivity index (χ2v) is 16.9. The SMILES string of the molecule is CC1=C(CCC(C)CCCC(C)CCCCC(C)CCCC(C)CCC2=C(C)C(=O)[C@@H](O)CC2(C)C)C(C)(C)C[C@H](O)C1. The van der Waals surface area contributed by atoms with Gasteiger partial charge in [-0.2, -0.15) is 0 Å². The maximum absolute atomic E-state index is 12.3. The highest BCUT2D eigenvalue weighted by Crippen LogP contribution is 2.44. The van der Waals surface area contributed by atoms with Gasteiger partial charge in [0, 0.05) is 0 Å². The maximum Gasteiger partial charge on any atom is 0.186 e. The van der Waals surface area contributed by atoms with Crippen molar-refractivity contribution >= 4 is 5.78 Å². The molecule has 3 heteroatoms. The van der Waals surface area contributed by atoms with Gasteiger partial charge in [-0.25, -0.2) is 0 Å². The summed E-state index contributed by atoms with van der Waals surface area (Å²) in [7, 11) is 0. The predicted molar refractivity (Wildman–Crippen MR) is 185 cm³/mol. The lowest BCUT2D eigenvalue weighted by atomic mass is 9.69. The lowest BCUT2D eigenvalue weighted by Gasteiger charge is -2.37. The van der Waals surface area contributed by atoms with Crippen LogP contribution in [-0.2, 0) is 4.79 Å². The van der Waals surface area contributed by atoms with Crippen LogP contribution in [0.2, 0.25) is 0 Å². The fourth-order valence-corrected chi connectivity index (χ4v) is 8.50. The molecule has 2 rings (SSSR count). The molecule has 43 heavy (non-hydrogen) atoms. The van der Waals surface area contributed by atoms with Crippen molar-refractivity contribution in [3.8, 4) is 0 Å². The Kier molecular flexibility index (Phi) is 15.7. The average Bonchev–Trinajstić information content (AvgIpc) is 2.88. The average molecular weight is 601 g/mol. The number of allylic oxidation sites excluding steroid dienone is 2. The number of aliphatic hydroxyl groups is 2. The van der Waals surface area contributed by atoms with Crippen LogP contribution in [0.3, 0.4) is 0 Å². The lowest BCUT2D eigenvalue weighted by Crippen LogP contribution is -2.36. The number of Topliss-reactive ketones (excluding diaryl/α,β-unsaturated/α-hetero) is 1. The molecule has 6 atom stereocenters. The van der Waals surface area contributed by atoms with Gasteiger partial charge < -0.3 is 10.2 Å². The highest BCUT2D eigenvalue weighted by molar-refractivity contribution is 6.00. The third-order valence-electron chi connectivity index (χ3n) is 11.5. The third kappa shape index (κ3) is 12.8. The van der Waals surface area contributed by atoms with Crippen molar-refractivity contribution in [3.63, 3.8) is 0 Å². The summed E-state index contributed by atoms with van der Waals surface area (Å²) in [4.78, 5) is 12.3. The zero-order valence-electron chi connectivity index (χ0n) is 30.3. The fourth-order valence-electron chi connectivity index (χ4n) is 8.50. The molecule has 2 aliphatic carbocycles. The van der Waals surface area contributed by atoms with Crippen LogP contribution in [0.25, 0.3) is 0 Å². The van der Waals surface area contributed by atoms with Crippen molar-refractivity contribution < 1.29 is 15.0 Å². The first-order chi connectivity index (χ1) is 20.0. The summed E-state index contributed by atoms with van der Waals surface area (Å²) in [6.07, 6.45) is 19.5. The van der Waals surface area contributed by atoms with E-state index < -0.39 is 6.10 Å². The van der Waals surface area contributed by atoms with E-state index in [1.54, 1.807) is 5.57 Å². The van der Waals surface area contributed by atoms with E-state index in [-0.39, 0.29) is 22.7 Å². The van der Waals surface area contributed by atoms with Gasteiger partial charge in [-0.15, -0.1) is 0 Å². The molecule has 0 heterocycles. The summed E-state index contributed by atoms with van der Waals surface area (Å²) in [5.41, 5.74) is 5.25. The van der Waals surface area contributed by atoms with E-state index in [4.69, 9.17) is 0 Å². The molecule has 0 amide bonds. The standard InChI is InChI=1S/C40H72O3/c1-28(17-13-19-30(3)21-23-35-32(5)25-34(41)26-39(35,7)8)15-11-12-16-29(2)18-14-20-31(4)22-24-36-33(6)38(43)37(42)27-40(36,9)10/h28-31,34,37,41-42H,11-27H2,1-10H3/t28?,29?,30?,31?,34-,37+/m1/s1. The van der Waals surface area contributed by atoms with E-state index in [9.17, 15) is 15.0 Å². The van der Waals surface area contributed by atoms with E-state index in [0.29, 0.717) is 12.3 Å². The minimum Gasteiger partial charge on any atom is -0.393 e. The number of carbonyl (C=O) groups excluding carboxylic acids is 1. The molecule has 0 saturated carbocycles. The summed E-state index contributed by atoms with van der Waals surface area (Å²) in [6.45, 7) is 22.9. The zero-order chi connectivity index (χ0) is 32.4. The van der Waals surface area contributed by atoms with Crippen molar-refractivity contribution in [2.75, 3.05) is 0 Å². The molecular formula is C40H72O3. The van der Waals surface area contributed by atoms with Crippen molar-refractivity contribution in [1.29, 1.82) is 0 Å². The van der Waals surface area contributed by atoms with Crippen LogP contribution < -0.4 is 0 Å². The summed E-state index contributed by atoms with van der Waals surface area (Å²) in [5, 5.41) is 20.3. The fraction of sp³-hybridized carbons (Fsp3) is 0.875. The molecule has 0 aromatic carbocycles. The van der Waals surface area contributed by atoms with Crippen LogP contribution in [-0.4, -0.2) is 28.2 Å². The largest absolute Gasteiger partial charge is 0.393 e. The van der Waals surface area contributed by atoms with Gasteiger partial charge in [0.05, 0.1) is 6.10 Å². The minimum atomic E-state index is -0.815. The predicted octanol–water partition coefficient (Wildman–Crippen LogP) is 11.2. The number of ketones is 1. The quantitative estimate of drug-likeness (QED) is 0.114. The summed E-state index contributed by atoms with van der Waals surface area (Å²) < 4.78 is 0. The molecule has 0 aromatic heterocycles. The number of unbranched alkanes of at least 4 members (excludes halogenated alkanes) is 1. The molecule has 0 spiro atoms. The van der Waals surface area contributed by atoms with E-state index in [1.807, 2.05) is 6.92 Å². The van der Waals surface area contributed by atoms with Crippen LogP contribution in [0.1, 0.15) is 178 Å². The molecule has 0 bridgehead atoms. The van der Waals surface area contributed by atoms with E-state index in [1.165, 1.54) is 88.2 Å². The first kappa shape index (κ1) is 38.3. The van der Waals surface area contributed by atoms with Gasteiger partial charge in [0.25, 0.3) is 0 Å². The highest BCUT2D eigenvalue weighted by Gasteiger charge is 2.37. The number of hydrogen-bond acceptors (Lipinski definition) is 3. The molecule has 2 N–H and O–H groups in total. The summed E-state index contributed by atoms with van der Waals surface area (Å²) >= 11 is 0. The number of carbonyl (C=O) groups is 1. The van der Waals surface area contributed by atoms with Crippen molar-refractivity contribution in [3.05, 3.63) is 22.3 Å². The molecule has 0 aliphatic heterocycles. The Morgan fingerprint density at radius 3 is 1.49 bits per heavy atom. The monoisotopic (exact) mass is 601 g/mol. The van der Waals surface area contributed by atoms with Gasteiger partial charge in [0.1, 0.15) is 6.10 Å². The Morgan fingerprint density at radius 2 is 1.02 bits per heavy atom. The second kappa shape index (κ2) is 17.7. The van der Waals surface area contributed by atoms with Gasteiger partial charge in [0.2, 0.25) is 0 Å². The topological polar surface area (TPSA) is 57.5 Å². The number of hydrogen-bond donors (Lipinski definition) is 2. The Morgan fingerprint density at radius 1 is 0.628 bits per heavy atom. The molecule has 0 radical (unpaired) electrons. The third-order valence-corrected chi connectivity index (χ3v) is 11.5. The van der Waals surface area contributed by atoms with Crippen LogP contribution in [0.4, 0.5) is 0 Å². The Labute approximate surface area is 267 Å². The number of aliphatic hydroxyl groups excluding tert-OH is 2. The van der Waals surface area contributed by atoms with Crippen LogP contribution >= 0.6 is 0 Å². The van der Waals surface area contributed by atoms with Crippen LogP contribution in [0.5, 0.6) is 0 Å². The Bertz CT molecular complexity index is 922. The van der Waals surface area contributed by atoms with Gasteiger partial charge in [-0.3, -0.25) is 4.79 Å². The second-order valence-electron chi connectivity index (χ2n) is 16.9. The molecule has 250 valence electrons. The van der Waals surface area contributed by atoms with Gasteiger partial charge in [-0.1, -0.05) is 136 Å². The van der Waals surface area contributed by atoms with Crippen LogP contribution in [0, 0.1) is 34.5 Å². The van der Waals surface area contributed by atoms with E-state index in [2.05, 4.69) is 62.3 Å². The molecule has 4 unspecified atom stereocenters. The van der Waals surface area contributed by atoms with Crippen molar-refractivity contribution in [1.82, 2.24) is 0 Å². The molecule has 0 saturated heterocycles. The van der Waals surface area contributed by atoms with E-state index in [0.717, 1.165) is 49.0 Å². The van der Waals surface area contributed by atoms with Crippen molar-refractivity contribution in [2.45, 2.75) is 191 Å². The molecular weight excluding hydrogens is 528 g/mol. The Hall–Kier alpha value is -0.930. The van der Waals surface area contributed by atoms with Gasteiger partial charge >= 0.3 is 0 Å². The molecule has 3 nitrogen and oxygen atoms in total. The summed E-state index contributed by atoms with van der Waals surface area (Å²) in [6, 6.07) is 0. The first-order valence-electron chi connectivity index (χ1n) is 18.3. The minimum absolute atomic E-state index is 0.0548. The van der Waals surface area contributed by atoms with Gasteiger partial charge in [0.15, 0.2) is 5.78 Å². The number of rotatable bonds is 19. The zero-order valence-corrected chi connectivity index (χ0v) is 30.3. The maximum atomic E-state index is 12.3. The Balaban J connectivity index is 1.53. The van der Waals surface area contributed by atoms with Gasteiger partial charge in [-0.05, 0) is 98.9 Å². The van der Waals surface area contributed by atoms with Crippen molar-refractivity contribution in [2.24, 2.45) is 34.5 Å². The normalized spacial score (nSPS) is 25.2.